The van der Waals surface area contributed by atoms with E-state index >= 15 is 0 Å². The average molecular weight is 474 g/mol. The second kappa shape index (κ2) is 12.5. The SMILES string of the molecule is CCC1CCCCN1C(=O)COC(=O)c1cccc(C(=O)OCC(=O)N2CCCCC2CC)n1. The van der Waals surface area contributed by atoms with Crippen molar-refractivity contribution in [1.29, 1.82) is 0 Å². The molecule has 2 unspecified atom stereocenters. The molecule has 2 fully saturated rings. The molecule has 2 atom stereocenters. The maximum atomic E-state index is 12.5. The van der Waals surface area contributed by atoms with Crippen LogP contribution in [0.2, 0.25) is 0 Å². The van der Waals surface area contributed by atoms with Gasteiger partial charge in [-0.25, -0.2) is 14.6 Å². The van der Waals surface area contributed by atoms with Gasteiger partial charge in [0.1, 0.15) is 11.4 Å². The fourth-order valence-corrected chi connectivity index (χ4v) is 4.74. The lowest BCUT2D eigenvalue weighted by molar-refractivity contribution is -0.138. The van der Waals surface area contributed by atoms with Gasteiger partial charge in [0.2, 0.25) is 0 Å². The van der Waals surface area contributed by atoms with Crippen molar-refractivity contribution in [2.24, 2.45) is 0 Å². The zero-order valence-electron chi connectivity index (χ0n) is 20.2. The van der Waals surface area contributed by atoms with Gasteiger partial charge in [-0.2, -0.15) is 0 Å². The zero-order chi connectivity index (χ0) is 24.5. The van der Waals surface area contributed by atoms with E-state index in [0.29, 0.717) is 13.1 Å². The topological polar surface area (TPSA) is 106 Å². The Morgan fingerprint density at radius 2 is 1.24 bits per heavy atom. The molecule has 0 bridgehead atoms. The third-order valence-corrected chi connectivity index (χ3v) is 6.66. The van der Waals surface area contributed by atoms with Gasteiger partial charge in [0.05, 0.1) is 0 Å². The number of hydrogen-bond acceptors (Lipinski definition) is 7. The summed E-state index contributed by atoms with van der Waals surface area (Å²) in [6.45, 7) is 4.69. The van der Waals surface area contributed by atoms with Gasteiger partial charge in [-0.1, -0.05) is 19.9 Å². The van der Waals surface area contributed by atoms with Crippen molar-refractivity contribution in [3.63, 3.8) is 0 Å². The van der Waals surface area contributed by atoms with Gasteiger partial charge in [-0.05, 0) is 63.5 Å². The summed E-state index contributed by atoms with van der Waals surface area (Å²) in [5.41, 5.74) is -0.192. The van der Waals surface area contributed by atoms with Gasteiger partial charge >= 0.3 is 11.9 Å². The fraction of sp³-hybridized carbons (Fsp3) is 0.640. The molecular formula is C25H35N3O6. The summed E-state index contributed by atoms with van der Waals surface area (Å²) >= 11 is 0. The zero-order valence-corrected chi connectivity index (χ0v) is 20.2. The molecular weight excluding hydrogens is 438 g/mol. The predicted octanol–water partition coefficient (Wildman–Crippen LogP) is 2.98. The summed E-state index contributed by atoms with van der Waals surface area (Å²) in [5.74, 6) is -2.03. The van der Waals surface area contributed by atoms with Crippen molar-refractivity contribution in [2.45, 2.75) is 77.3 Å². The fourth-order valence-electron chi connectivity index (χ4n) is 4.74. The first-order chi connectivity index (χ1) is 16.4. The minimum Gasteiger partial charge on any atom is -0.451 e. The van der Waals surface area contributed by atoms with E-state index in [1.807, 2.05) is 13.8 Å². The van der Waals surface area contributed by atoms with E-state index < -0.39 is 11.9 Å². The Labute approximate surface area is 200 Å². The van der Waals surface area contributed by atoms with Crippen LogP contribution in [-0.4, -0.2) is 76.9 Å². The third kappa shape index (κ3) is 6.55. The van der Waals surface area contributed by atoms with E-state index in [0.717, 1.165) is 51.4 Å². The van der Waals surface area contributed by atoms with Crippen molar-refractivity contribution in [3.05, 3.63) is 29.6 Å². The van der Waals surface area contributed by atoms with Crippen LogP contribution >= 0.6 is 0 Å². The minimum atomic E-state index is -0.789. The largest absolute Gasteiger partial charge is 0.451 e. The Kier molecular flexibility index (Phi) is 9.42. The van der Waals surface area contributed by atoms with Gasteiger partial charge < -0.3 is 19.3 Å². The Bertz CT molecular complexity index is 822. The predicted molar refractivity (Wildman–Crippen MR) is 124 cm³/mol. The molecule has 0 aromatic carbocycles. The van der Waals surface area contributed by atoms with Crippen molar-refractivity contribution >= 4 is 23.8 Å². The van der Waals surface area contributed by atoms with E-state index in [1.165, 1.54) is 18.2 Å². The molecule has 1 aromatic rings. The van der Waals surface area contributed by atoms with Crippen LogP contribution in [0.3, 0.4) is 0 Å². The third-order valence-electron chi connectivity index (χ3n) is 6.66. The maximum absolute atomic E-state index is 12.5. The summed E-state index contributed by atoms with van der Waals surface area (Å²) < 4.78 is 10.3. The molecule has 186 valence electrons. The molecule has 34 heavy (non-hydrogen) atoms. The first-order valence-electron chi connectivity index (χ1n) is 12.3. The number of carbonyl (C=O) groups excluding carboxylic acids is 4. The Morgan fingerprint density at radius 3 is 1.65 bits per heavy atom. The second-order valence-electron chi connectivity index (χ2n) is 8.85. The highest BCUT2D eigenvalue weighted by molar-refractivity contribution is 5.93. The molecule has 2 aliphatic heterocycles. The minimum absolute atomic E-state index is 0.0960. The van der Waals surface area contributed by atoms with Crippen molar-refractivity contribution in [2.75, 3.05) is 26.3 Å². The van der Waals surface area contributed by atoms with Gasteiger partial charge in [-0.15, -0.1) is 0 Å². The number of hydrogen-bond donors (Lipinski definition) is 0. The van der Waals surface area contributed by atoms with Crippen LogP contribution < -0.4 is 0 Å². The van der Waals surface area contributed by atoms with Crippen molar-refractivity contribution in [1.82, 2.24) is 14.8 Å². The van der Waals surface area contributed by atoms with Crippen LogP contribution in [-0.2, 0) is 19.1 Å². The average Bonchev–Trinajstić information content (AvgIpc) is 2.89. The van der Waals surface area contributed by atoms with Crippen LogP contribution in [0, 0.1) is 0 Å². The van der Waals surface area contributed by atoms with Crippen LogP contribution in [0.25, 0.3) is 0 Å². The summed E-state index contributed by atoms with van der Waals surface area (Å²) in [6, 6.07) is 4.65. The Balaban J connectivity index is 1.52. The molecule has 1 aromatic heterocycles. The molecule has 3 rings (SSSR count). The molecule has 2 amide bonds. The monoisotopic (exact) mass is 473 g/mol. The van der Waals surface area contributed by atoms with Gasteiger partial charge in [0.15, 0.2) is 13.2 Å². The Morgan fingerprint density at radius 1 is 0.794 bits per heavy atom. The molecule has 2 aliphatic rings. The summed E-state index contributed by atoms with van der Waals surface area (Å²) in [5, 5.41) is 0. The molecule has 9 heteroatoms. The van der Waals surface area contributed by atoms with Gasteiger partial charge in [-0.3, -0.25) is 9.59 Å². The molecule has 0 N–H and O–H groups in total. The highest BCUT2D eigenvalue weighted by atomic mass is 16.5. The number of likely N-dealkylation sites (tertiary alicyclic amines) is 2. The van der Waals surface area contributed by atoms with E-state index in [1.54, 1.807) is 9.80 Å². The highest BCUT2D eigenvalue weighted by Crippen LogP contribution is 2.20. The summed E-state index contributed by atoms with van der Waals surface area (Å²) in [7, 11) is 0. The summed E-state index contributed by atoms with van der Waals surface area (Å²) in [4.78, 5) is 57.5. The number of pyridine rings is 1. The number of esters is 2. The second-order valence-corrected chi connectivity index (χ2v) is 8.85. The molecule has 0 saturated carbocycles. The highest BCUT2D eigenvalue weighted by Gasteiger charge is 2.28. The van der Waals surface area contributed by atoms with Crippen LogP contribution in [0.5, 0.6) is 0 Å². The normalized spacial score (nSPS) is 20.5. The molecule has 0 radical (unpaired) electrons. The quantitative estimate of drug-likeness (QED) is 0.534. The number of ether oxygens (including phenoxy) is 2. The first kappa shape index (κ1) is 25.6. The number of nitrogens with zero attached hydrogens (tertiary/aromatic N) is 3. The molecule has 2 saturated heterocycles. The maximum Gasteiger partial charge on any atom is 0.357 e. The lowest BCUT2D eigenvalue weighted by atomic mass is 10.00. The number of aromatic nitrogens is 1. The standard InChI is InChI=1S/C25H35N3O6/c1-3-18-10-5-7-14-27(18)22(29)16-33-24(31)20-12-9-13-21(26-20)25(32)34-17-23(30)28-15-8-6-11-19(28)4-2/h9,12-13,18-19H,3-8,10-11,14-17H2,1-2H3. The van der Waals surface area contributed by atoms with E-state index in [9.17, 15) is 19.2 Å². The Hall–Kier alpha value is -2.97. The van der Waals surface area contributed by atoms with Crippen LogP contribution in [0.1, 0.15) is 86.2 Å². The first-order valence-corrected chi connectivity index (χ1v) is 12.3. The van der Waals surface area contributed by atoms with Gasteiger partial charge in [0, 0.05) is 25.2 Å². The lowest BCUT2D eigenvalue weighted by Crippen LogP contribution is -2.45. The van der Waals surface area contributed by atoms with E-state index in [-0.39, 0.29) is 48.5 Å². The molecule has 0 aliphatic carbocycles. The summed E-state index contributed by atoms with van der Waals surface area (Å²) in [6.07, 6.45) is 7.73. The van der Waals surface area contributed by atoms with Crippen LogP contribution in [0.4, 0.5) is 0 Å². The lowest BCUT2D eigenvalue weighted by Gasteiger charge is -2.35. The molecule has 9 nitrogen and oxygen atoms in total. The number of piperidine rings is 2. The van der Waals surface area contributed by atoms with Crippen molar-refractivity contribution < 1.29 is 28.7 Å². The number of amides is 2. The molecule has 3 heterocycles. The van der Waals surface area contributed by atoms with Crippen molar-refractivity contribution in [3.8, 4) is 0 Å². The van der Waals surface area contributed by atoms with E-state index in [4.69, 9.17) is 9.47 Å². The van der Waals surface area contributed by atoms with E-state index in [2.05, 4.69) is 4.98 Å². The smallest absolute Gasteiger partial charge is 0.357 e. The van der Waals surface area contributed by atoms with Gasteiger partial charge in [0.25, 0.3) is 11.8 Å². The number of carbonyl (C=O) groups is 4. The number of rotatable bonds is 8. The van der Waals surface area contributed by atoms with Crippen LogP contribution in [0.15, 0.2) is 18.2 Å². The molecule has 0 spiro atoms.